The highest BCUT2D eigenvalue weighted by molar-refractivity contribution is 5.95. The van der Waals surface area contributed by atoms with E-state index in [2.05, 4.69) is 0 Å². The molecule has 0 N–H and O–H groups in total. The first kappa shape index (κ1) is 17.9. The average Bonchev–Trinajstić information content (AvgIpc) is 2.39. The molecule has 0 aliphatic heterocycles. The van der Waals surface area contributed by atoms with Gasteiger partial charge in [0.15, 0.2) is 5.92 Å². The van der Waals surface area contributed by atoms with Crippen LogP contribution in [0.5, 0.6) is 0 Å². The van der Waals surface area contributed by atoms with Gasteiger partial charge in [-0.3, -0.25) is 9.59 Å². The summed E-state index contributed by atoms with van der Waals surface area (Å²) in [6.45, 7) is 8.65. The molecule has 19 heavy (non-hydrogen) atoms. The molecular weight excluding hydrogens is 244 g/mol. The summed E-state index contributed by atoms with van der Waals surface area (Å²) in [5.41, 5.74) is 0. The van der Waals surface area contributed by atoms with Crippen LogP contribution in [-0.4, -0.2) is 25.2 Å². The first-order valence-corrected chi connectivity index (χ1v) is 7.41. The van der Waals surface area contributed by atoms with Crippen molar-refractivity contribution in [1.82, 2.24) is 0 Å². The minimum Gasteiger partial charge on any atom is -0.465 e. The lowest BCUT2D eigenvalue weighted by molar-refractivity contribution is -0.164. The lowest BCUT2D eigenvalue weighted by atomic mass is 9.92. The van der Waals surface area contributed by atoms with Crippen molar-refractivity contribution >= 4 is 11.9 Å². The Morgan fingerprint density at radius 2 is 1.32 bits per heavy atom. The van der Waals surface area contributed by atoms with Gasteiger partial charge in [0.05, 0.1) is 13.2 Å². The summed E-state index contributed by atoms with van der Waals surface area (Å²) < 4.78 is 10.3. The van der Waals surface area contributed by atoms with Crippen molar-refractivity contribution in [1.29, 1.82) is 0 Å². The van der Waals surface area contributed by atoms with Gasteiger partial charge in [-0.2, -0.15) is 0 Å². The van der Waals surface area contributed by atoms with Gasteiger partial charge in [0, 0.05) is 0 Å². The monoisotopic (exact) mass is 272 g/mol. The van der Waals surface area contributed by atoms with Crippen LogP contribution in [0, 0.1) is 11.8 Å². The lowest BCUT2D eigenvalue weighted by Gasteiger charge is -2.20. The van der Waals surface area contributed by atoms with Crippen molar-refractivity contribution in [2.75, 3.05) is 13.2 Å². The van der Waals surface area contributed by atoms with Crippen molar-refractivity contribution < 1.29 is 19.1 Å². The van der Waals surface area contributed by atoms with E-state index in [4.69, 9.17) is 9.47 Å². The molecule has 4 nitrogen and oxygen atoms in total. The third-order valence-electron chi connectivity index (χ3n) is 3.21. The fourth-order valence-corrected chi connectivity index (χ4v) is 1.61. The van der Waals surface area contributed by atoms with Crippen molar-refractivity contribution in [2.24, 2.45) is 11.8 Å². The molecule has 112 valence electrons. The summed E-state index contributed by atoms with van der Waals surface area (Å²) in [5, 5.41) is 0. The van der Waals surface area contributed by atoms with Crippen molar-refractivity contribution in [3.05, 3.63) is 0 Å². The van der Waals surface area contributed by atoms with Crippen LogP contribution >= 0.6 is 0 Å². The zero-order valence-corrected chi connectivity index (χ0v) is 12.7. The van der Waals surface area contributed by atoms with Gasteiger partial charge in [-0.1, -0.05) is 47.0 Å². The molecule has 0 aromatic heterocycles. The minimum absolute atomic E-state index is 0.0525. The van der Waals surface area contributed by atoms with Crippen LogP contribution in [0.15, 0.2) is 0 Å². The standard InChI is InChI=1S/C15H28O4/c1-5-8-10-18-14(16)13(12(4)7-3)15(17)19-11-9-6-2/h12-13H,5-11H2,1-4H3. The van der Waals surface area contributed by atoms with Gasteiger partial charge >= 0.3 is 11.9 Å². The van der Waals surface area contributed by atoms with Gasteiger partial charge in [0.25, 0.3) is 0 Å². The number of carbonyl (C=O) groups excluding carboxylic acids is 2. The van der Waals surface area contributed by atoms with Crippen LogP contribution in [0.4, 0.5) is 0 Å². The predicted molar refractivity (Wildman–Crippen MR) is 74.7 cm³/mol. The zero-order valence-electron chi connectivity index (χ0n) is 12.7. The number of unbranched alkanes of at least 4 members (excludes halogenated alkanes) is 2. The number of hydrogen-bond donors (Lipinski definition) is 0. The molecule has 0 radical (unpaired) electrons. The summed E-state index contributed by atoms with van der Waals surface area (Å²) in [7, 11) is 0. The zero-order chi connectivity index (χ0) is 14.7. The molecule has 0 fully saturated rings. The maximum atomic E-state index is 12.0. The van der Waals surface area contributed by atoms with Gasteiger partial charge < -0.3 is 9.47 Å². The SMILES string of the molecule is CCCCOC(=O)C(C(=O)OCCCC)C(C)CC. The Bertz CT molecular complexity index is 241. The fraction of sp³-hybridized carbons (Fsp3) is 0.867. The summed E-state index contributed by atoms with van der Waals surface area (Å²) in [6.07, 6.45) is 4.31. The number of ether oxygens (including phenoxy) is 2. The maximum absolute atomic E-state index is 12.0. The highest BCUT2D eigenvalue weighted by atomic mass is 16.6. The first-order chi connectivity index (χ1) is 9.08. The van der Waals surface area contributed by atoms with E-state index >= 15 is 0 Å². The van der Waals surface area contributed by atoms with Crippen molar-refractivity contribution in [3.8, 4) is 0 Å². The van der Waals surface area contributed by atoms with E-state index in [1.807, 2.05) is 27.7 Å². The maximum Gasteiger partial charge on any atom is 0.320 e. The molecule has 0 amide bonds. The van der Waals surface area contributed by atoms with E-state index in [9.17, 15) is 9.59 Å². The van der Waals surface area contributed by atoms with Crippen LogP contribution in [0.1, 0.15) is 59.8 Å². The fourth-order valence-electron chi connectivity index (χ4n) is 1.61. The van der Waals surface area contributed by atoms with Crippen LogP contribution in [-0.2, 0) is 19.1 Å². The molecule has 0 heterocycles. The predicted octanol–water partition coefficient (Wildman–Crippen LogP) is 3.34. The highest BCUT2D eigenvalue weighted by Gasteiger charge is 2.34. The second-order valence-corrected chi connectivity index (χ2v) is 4.91. The average molecular weight is 272 g/mol. The number of esters is 2. The Kier molecular flexibility index (Phi) is 10.2. The molecule has 0 aromatic rings. The van der Waals surface area contributed by atoms with Gasteiger partial charge in [0.2, 0.25) is 0 Å². The van der Waals surface area contributed by atoms with E-state index in [0.29, 0.717) is 13.2 Å². The minimum atomic E-state index is -0.779. The third-order valence-corrected chi connectivity index (χ3v) is 3.21. The van der Waals surface area contributed by atoms with Crippen molar-refractivity contribution in [2.45, 2.75) is 59.8 Å². The Hall–Kier alpha value is -1.06. The van der Waals surface area contributed by atoms with Gasteiger partial charge in [-0.05, 0) is 18.8 Å². The second kappa shape index (κ2) is 10.8. The highest BCUT2D eigenvalue weighted by Crippen LogP contribution is 2.19. The normalized spacial score (nSPS) is 12.3. The molecule has 4 heteroatoms. The van der Waals surface area contributed by atoms with E-state index in [1.54, 1.807) is 0 Å². The van der Waals surface area contributed by atoms with Crippen LogP contribution in [0.3, 0.4) is 0 Å². The Morgan fingerprint density at radius 1 is 0.895 bits per heavy atom. The molecule has 0 saturated heterocycles. The first-order valence-electron chi connectivity index (χ1n) is 7.41. The number of rotatable bonds is 10. The van der Waals surface area contributed by atoms with Crippen LogP contribution in [0.25, 0.3) is 0 Å². The molecule has 0 aromatic carbocycles. The summed E-state index contributed by atoms with van der Waals surface area (Å²) in [4.78, 5) is 23.9. The summed E-state index contributed by atoms with van der Waals surface area (Å²) >= 11 is 0. The van der Waals surface area contributed by atoms with Gasteiger partial charge in [0.1, 0.15) is 0 Å². The Labute approximate surface area is 116 Å². The van der Waals surface area contributed by atoms with Crippen LogP contribution in [0.2, 0.25) is 0 Å². The van der Waals surface area contributed by atoms with Gasteiger partial charge in [-0.25, -0.2) is 0 Å². The largest absolute Gasteiger partial charge is 0.465 e. The number of hydrogen-bond acceptors (Lipinski definition) is 4. The van der Waals surface area contributed by atoms with E-state index in [0.717, 1.165) is 32.1 Å². The summed E-state index contributed by atoms with van der Waals surface area (Å²) in [5.74, 6) is -1.71. The molecule has 0 saturated carbocycles. The quantitative estimate of drug-likeness (QED) is 0.348. The molecule has 0 bridgehead atoms. The summed E-state index contributed by atoms with van der Waals surface area (Å²) in [6, 6.07) is 0. The molecule has 1 unspecified atom stereocenters. The molecule has 1 atom stereocenters. The Balaban J connectivity index is 4.43. The molecule has 0 aliphatic carbocycles. The second-order valence-electron chi connectivity index (χ2n) is 4.91. The Morgan fingerprint density at radius 3 is 1.63 bits per heavy atom. The number of carbonyl (C=O) groups is 2. The molecule has 0 aliphatic rings. The van der Waals surface area contributed by atoms with E-state index in [1.165, 1.54) is 0 Å². The molecule has 0 spiro atoms. The lowest BCUT2D eigenvalue weighted by Crippen LogP contribution is -2.33. The van der Waals surface area contributed by atoms with Crippen molar-refractivity contribution in [3.63, 3.8) is 0 Å². The van der Waals surface area contributed by atoms with Gasteiger partial charge in [-0.15, -0.1) is 0 Å². The topological polar surface area (TPSA) is 52.6 Å². The molecular formula is C15H28O4. The van der Waals surface area contributed by atoms with E-state index < -0.39 is 17.9 Å². The third kappa shape index (κ3) is 7.19. The van der Waals surface area contributed by atoms with E-state index in [-0.39, 0.29) is 5.92 Å². The van der Waals surface area contributed by atoms with Crippen LogP contribution < -0.4 is 0 Å². The molecule has 0 rings (SSSR count). The smallest absolute Gasteiger partial charge is 0.320 e.